The van der Waals surface area contributed by atoms with E-state index in [1.807, 2.05) is 6.07 Å². The van der Waals surface area contributed by atoms with Gasteiger partial charge in [-0.25, -0.2) is 5.48 Å². The minimum Gasteiger partial charge on any atom is -0.395 e. The molecule has 2 aromatic carbocycles. The molecular formula is C25H29N3O3. The molecule has 6 heteroatoms. The molecule has 1 atom stereocenters. The van der Waals surface area contributed by atoms with Crippen molar-refractivity contribution in [1.82, 2.24) is 15.4 Å². The third kappa shape index (κ3) is 4.56. The van der Waals surface area contributed by atoms with Crippen LogP contribution in [0, 0.1) is 6.92 Å². The maximum atomic E-state index is 11.2. The van der Waals surface area contributed by atoms with Crippen molar-refractivity contribution in [3.8, 4) is 0 Å². The molecule has 4 N–H and O–H groups in total. The molecule has 1 amide bonds. The van der Waals surface area contributed by atoms with Crippen LogP contribution in [0.2, 0.25) is 0 Å². The molecule has 0 aliphatic heterocycles. The van der Waals surface area contributed by atoms with Crippen LogP contribution in [0.3, 0.4) is 0 Å². The van der Waals surface area contributed by atoms with E-state index in [9.17, 15) is 9.90 Å². The predicted octanol–water partition coefficient (Wildman–Crippen LogP) is 3.52. The SMILES string of the molecule is Cc1c(CCN(CCO)C2CCc3cc(C=CC(=O)NO)ccc32)[nH]c2ccccc12. The zero-order valence-corrected chi connectivity index (χ0v) is 17.8. The van der Waals surface area contributed by atoms with Gasteiger partial charge in [0.15, 0.2) is 0 Å². The monoisotopic (exact) mass is 419 g/mol. The van der Waals surface area contributed by atoms with Gasteiger partial charge in [0.2, 0.25) is 0 Å². The Bertz CT molecular complexity index is 1100. The molecule has 1 heterocycles. The van der Waals surface area contributed by atoms with E-state index in [0.717, 1.165) is 31.4 Å². The lowest BCUT2D eigenvalue weighted by Gasteiger charge is -2.29. The number of aryl methyl sites for hydroxylation is 2. The first kappa shape index (κ1) is 21.3. The number of hydrogen-bond donors (Lipinski definition) is 4. The maximum Gasteiger partial charge on any atom is 0.267 e. The van der Waals surface area contributed by atoms with Crippen molar-refractivity contribution in [2.24, 2.45) is 0 Å². The summed E-state index contributed by atoms with van der Waals surface area (Å²) in [5.41, 5.74) is 8.84. The number of hydroxylamine groups is 1. The van der Waals surface area contributed by atoms with Crippen molar-refractivity contribution in [1.29, 1.82) is 0 Å². The summed E-state index contributed by atoms with van der Waals surface area (Å²) in [4.78, 5) is 17.2. The van der Waals surface area contributed by atoms with Gasteiger partial charge in [-0.2, -0.15) is 0 Å². The molecular weight excluding hydrogens is 390 g/mol. The molecule has 31 heavy (non-hydrogen) atoms. The molecule has 0 fully saturated rings. The van der Waals surface area contributed by atoms with Gasteiger partial charge in [0, 0.05) is 48.2 Å². The second-order valence-corrected chi connectivity index (χ2v) is 8.11. The number of para-hydroxylation sites is 1. The first-order valence-corrected chi connectivity index (χ1v) is 10.8. The molecule has 4 rings (SSSR count). The van der Waals surface area contributed by atoms with Crippen LogP contribution in [0.5, 0.6) is 0 Å². The first-order chi connectivity index (χ1) is 15.1. The largest absolute Gasteiger partial charge is 0.395 e. The van der Waals surface area contributed by atoms with Crippen LogP contribution in [-0.4, -0.2) is 45.8 Å². The molecule has 1 unspecified atom stereocenters. The number of carbonyl (C=O) groups is 1. The van der Waals surface area contributed by atoms with Crippen LogP contribution in [-0.2, 0) is 17.6 Å². The van der Waals surface area contributed by atoms with Gasteiger partial charge in [0.1, 0.15) is 0 Å². The fourth-order valence-corrected chi connectivity index (χ4v) is 4.70. The number of amides is 1. The number of aromatic amines is 1. The van der Waals surface area contributed by atoms with Crippen molar-refractivity contribution < 1.29 is 15.1 Å². The molecule has 162 valence electrons. The van der Waals surface area contributed by atoms with Gasteiger partial charge in [-0.1, -0.05) is 36.4 Å². The quantitative estimate of drug-likeness (QED) is 0.256. The minimum atomic E-state index is -0.542. The highest BCUT2D eigenvalue weighted by Crippen LogP contribution is 2.36. The summed E-state index contributed by atoms with van der Waals surface area (Å²) in [5.74, 6) is -0.542. The smallest absolute Gasteiger partial charge is 0.267 e. The highest BCUT2D eigenvalue weighted by atomic mass is 16.5. The van der Waals surface area contributed by atoms with Crippen molar-refractivity contribution in [3.63, 3.8) is 0 Å². The van der Waals surface area contributed by atoms with Gasteiger partial charge >= 0.3 is 0 Å². The van der Waals surface area contributed by atoms with Crippen LogP contribution in [0.25, 0.3) is 17.0 Å². The van der Waals surface area contributed by atoms with Crippen LogP contribution < -0.4 is 5.48 Å². The maximum absolute atomic E-state index is 11.2. The van der Waals surface area contributed by atoms with Gasteiger partial charge < -0.3 is 10.1 Å². The van der Waals surface area contributed by atoms with E-state index in [0.29, 0.717) is 6.54 Å². The van der Waals surface area contributed by atoms with Gasteiger partial charge in [-0.3, -0.25) is 14.9 Å². The number of aromatic nitrogens is 1. The number of H-pyrrole nitrogens is 1. The molecule has 1 aliphatic rings. The zero-order valence-electron chi connectivity index (χ0n) is 17.8. The van der Waals surface area contributed by atoms with E-state index in [1.165, 1.54) is 39.4 Å². The second-order valence-electron chi connectivity index (χ2n) is 8.11. The van der Waals surface area contributed by atoms with Crippen molar-refractivity contribution in [2.75, 3.05) is 19.7 Å². The topological polar surface area (TPSA) is 88.6 Å². The Morgan fingerprint density at radius 1 is 1.26 bits per heavy atom. The number of carbonyl (C=O) groups excluding carboxylic acids is 1. The Morgan fingerprint density at radius 2 is 2.10 bits per heavy atom. The number of nitrogens with zero attached hydrogens (tertiary/aromatic N) is 1. The van der Waals surface area contributed by atoms with E-state index >= 15 is 0 Å². The first-order valence-electron chi connectivity index (χ1n) is 10.8. The molecule has 0 saturated carbocycles. The normalized spacial score (nSPS) is 15.8. The summed E-state index contributed by atoms with van der Waals surface area (Å²) in [6.45, 7) is 3.81. The molecule has 0 radical (unpaired) electrons. The van der Waals surface area contributed by atoms with E-state index in [4.69, 9.17) is 5.21 Å². The van der Waals surface area contributed by atoms with E-state index in [1.54, 1.807) is 11.6 Å². The Hall–Kier alpha value is -2.93. The summed E-state index contributed by atoms with van der Waals surface area (Å²) in [6, 6.07) is 14.9. The van der Waals surface area contributed by atoms with Gasteiger partial charge in [0.05, 0.1) is 6.61 Å². The van der Waals surface area contributed by atoms with Gasteiger partial charge in [-0.05, 0) is 54.2 Å². The van der Waals surface area contributed by atoms with Crippen LogP contribution in [0.1, 0.15) is 40.4 Å². The number of nitrogens with one attached hydrogen (secondary N) is 2. The fraction of sp³-hybridized carbons (Fsp3) is 0.320. The van der Waals surface area contributed by atoms with Crippen LogP contribution >= 0.6 is 0 Å². The number of aliphatic hydroxyl groups is 1. The average Bonchev–Trinajstić information content (AvgIpc) is 3.36. The molecule has 1 aromatic heterocycles. The Balaban J connectivity index is 1.50. The Labute approximate surface area is 182 Å². The number of hydrogen-bond acceptors (Lipinski definition) is 4. The van der Waals surface area contributed by atoms with Crippen LogP contribution in [0.15, 0.2) is 48.5 Å². The van der Waals surface area contributed by atoms with Crippen LogP contribution in [0.4, 0.5) is 0 Å². The predicted molar refractivity (Wildman–Crippen MR) is 122 cm³/mol. The highest BCUT2D eigenvalue weighted by Gasteiger charge is 2.27. The summed E-state index contributed by atoms with van der Waals surface area (Å²) in [5, 5.41) is 19.6. The van der Waals surface area contributed by atoms with E-state index in [2.05, 4.69) is 53.2 Å². The summed E-state index contributed by atoms with van der Waals surface area (Å²) in [6.07, 6.45) is 5.91. The number of aliphatic hydroxyl groups excluding tert-OH is 1. The van der Waals surface area contributed by atoms with E-state index in [-0.39, 0.29) is 12.6 Å². The van der Waals surface area contributed by atoms with Gasteiger partial charge in [-0.15, -0.1) is 0 Å². The summed E-state index contributed by atoms with van der Waals surface area (Å²) >= 11 is 0. The molecule has 0 bridgehead atoms. The highest BCUT2D eigenvalue weighted by molar-refractivity contribution is 5.90. The standard InChI is InChI=1S/C25H29N3O3/c1-17-20-4-2-3-5-23(20)26-22(17)12-13-28(14-15-29)24-10-8-19-16-18(6-9-21(19)24)7-11-25(30)27-31/h2-7,9,11,16,24,26,29,31H,8,10,12-15H2,1H3,(H,27,30). The van der Waals surface area contributed by atoms with Crippen molar-refractivity contribution in [3.05, 3.63) is 76.5 Å². The zero-order chi connectivity index (χ0) is 21.8. The third-order valence-corrected chi connectivity index (χ3v) is 6.30. The minimum absolute atomic E-state index is 0.134. The number of fused-ring (bicyclic) bond motifs is 2. The van der Waals surface area contributed by atoms with Crippen molar-refractivity contribution >= 4 is 22.9 Å². The molecule has 0 spiro atoms. The Morgan fingerprint density at radius 3 is 2.87 bits per heavy atom. The summed E-state index contributed by atoms with van der Waals surface area (Å²) in [7, 11) is 0. The lowest BCUT2D eigenvalue weighted by atomic mass is 10.0. The van der Waals surface area contributed by atoms with E-state index < -0.39 is 5.91 Å². The third-order valence-electron chi connectivity index (χ3n) is 6.30. The second kappa shape index (κ2) is 9.47. The molecule has 3 aromatic rings. The number of benzene rings is 2. The summed E-state index contributed by atoms with van der Waals surface area (Å²) < 4.78 is 0. The molecule has 0 saturated heterocycles. The Kier molecular flexibility index (Phi) is 6.51. The average molecular weight is 420 g/mol. The lowest BCUT2D eigenvalue weighted by molar-refractivity contribution is -0.124. The van der Waals surface area contributed by atoms with Crippen molar-refractivity contribution in [2.45, 2.75) is 32.2 Å². The lowest BCUT2D eigenvalue weighted by Crippen LogP contribution is -2.32. The fourth-order valence-electron chi connectivity index (χ4n) is 4.70. The molecule has 6 nitrogen and oxygen atoms in total. The number of rotatable bonds is 8. The van der Waals surface area contributed by atoms with Gasteiger partial charge in [0.25, 0.3) is 5.91 Å². The molecule has 1 aliphatic carbocycles.